The fourth-order valence-electron chi connectivity index (χ4n) is 2.89. The van der Waals surface area contributed by atoms with Crippen molar-refractivity contribution < 1.29 is 13.2 Å². The van der Waals surface area contributed by atoms with Gasteiger partial charge in [-0.25, -0.2) is 8.42 Å². The number of hydrogen-bond donors (Lipinski definition) is 0. The van der Waals surface area contributed by atoms with Crippen LogP contribution >= 0.6 is 0 Å². The van der Waals surface area contributed by atoms with Gasteiger partial charge >= 0.3 is 0 Å². The Morgan fingerprint density at radius 2 is 1.67 bits per heavy atom. The van der Waals surface area contributed by atoms with Gasteiger partial charge in [-0.1, -0.05) is 17.2 Å². The van der Waals surface area contributed by atoms with Gasteiger partial charge in [-0.05, 0) is 50.3 Å². The molecule has 1 heterocycles. The number of benzene rings is 1. The van der Waals surface area contributed by atoms with Crippen LogP contribution in [0, 0.1) is 6.92 Å². The monoisotopic (exact) mass is 307 g/mol. The summed E-state index contributed by atoms with van der Waals surface area (Å²) in [7, 11) is -1.96. The summed E-state index contributed by atoms with van der Waals surface area (Å²) < 4.78 is 32.5. The molecule has 114 valence electrons. The average Bonchev–Trinajstić information content (AvgIpc) is 3.32. The first-order valence-electron chi connectivity index (χ1n) is 7.37. The minimum atomic E-state index is -3.47. The van der Waals surface area contributed by atoms with E-state index in [-0.39, 0.29) is 4.90 Å². The van der Waals surface area contributed by atoms with Crippen molar-refractivity contribution in [3.05, 3.63) is 34.9 Å². The third-order valence-electron chi connectivity index (χ3n) is 4.26. The Hall–Kier alpha value is -1.33. The van der Waals surface area contributed by atoms with E-state index < -0.39 is 10.0 Å². The smallest absolute Gasteiger partial charge is 0.246 e. The second kappa shape index (κ2) is 5.46. The molecule has 21 heavy (non-hydrogen) atoms. The number of nitrogens with zero attached hydrogens (tertiary/aromatic N) is 1. The normalized spacial score (nSPS) is 19.7. The summed E-state index contributed by atoms with van der Waals surface area (Å²) in [5, 5.41) is 0. The molecule has 4 nitrogen and oxygen atoms in total. The Balaban J connectivity index is 1.87. The average molecular weight is 307 g/mol. The highest BCUT2D eigenvalue weighted by Crippen LogP contribution is 2.37. The lowest BCUT2D eigenvalue weighted by Crippen LogP contribution is -2.36. The fourth-order valence-corrected chi connectivity index (χ4v) is 4.57. The number of methoxy groups -OCH3 is 1. The Kier molecular flexibility index (Phi) is 3.80. The van der Waals surface area contributed by atoms with Crippen LogP contribution in [0.25, 0.3) is 0 Å². The Morgan fingerprint density at radius 3 is 2.24 bits per heavy atom. The maximum atomic E-state index is 12.8. The van der Waals surface area contributed by atoms with Gasteiger partial charge in [0.1, 0.15) is 10.6 Å². The van der Waals surface area contributed by atoms with Crippen molar-refractivity contribution >= 4 is 10.0 Å². The largest absolute Gasteiger partial charge is 0.495 e. The van der Waals surface area contributed by atoms with Crippen LogP contribution in [0.15, 0.2) is 34.2 Å². The van der Waals surface area contributed by atoms with Crippen LogP contribution < -0.4 is 4.74 Å². The van der Waals surface area contributed by atoms with Gasteiger partial charge in [0.25, 0.3) is 0 Å². The number of ether oxygens (including phenoxy) is 1. The van der Waals surface area contributed by atoms with Crippen LogP contribution in [0.2, 0.25) is 0 Å². The van der Waals surface area contributed by atoms with Gasteiger partial charge in [-0.15, -0.1) is 0 Å². The van der Waals surface area contributed by atoms with E-state index in [4.69, 9.17) is 4.74 Å². The zero-order valence-electron chi connectivity index (χ0n) is 12.6. The molecular formula is C16H21NO3S. The van der Waals surface area contributed by atoms with Gasteiger partial charge < -0.3 is 4.74 Å². The predicted octanol–water partition coefficient (Wildman–Crippen LogP) is 2.88. The Morgan fingerprint density at radius 1 is 1.05 bits per heavy atom. The highest BCUT2D eigenvalue weighted by Gasteiger charge is 2.31. The number of hydrogen-bond acceptors (Lipinski definition) is 3. The number of allylic oxidation sites excluding steroid dienone is 1. The number of rotatable bonds is 3. The van der Waals surface area contributed by atoms with Crippen LogP contribution in [0.1, 0.15) is 31.2 Å². The molecule has 0 amide bonds. The van der Waals surface area contributed by atoms with Crippen molar-refractivity contribution in [2.24, 2.45) is 0 Å². The summed E-state index contributed by atoms with van der Waals surface area (Å²) in [6, 6.07) is 5.29. The molecule has 1 aliphatic heterocycles. The van der Waals surface area contributed by atoms with Crippen LogP contribution in [0.5, 0.6) is 5.75 Å². The Labute approximate surface area is 126 Å². The molecule has 1 saturated carbocycles. The molecule has 2 aliphatic rings. The van der Waals surface area contributed by atoms with E-state index in [1.165, 1.54) is 25.5 Å². The molecule has 0 atom stereocenters. The molecule has 1 aromatic carbocycles. The molecule has 0 unspecified atom stereocenters. The van der Waals surface area contributed by atoms with Gasteiger partial charge in [0, 0.05) is 13.1 Å². The molecule has 0 bridgehead atoms. The summed E-state index contributed by atoms with van der Waals surface area (Å²) in [5.41, 5.74) is 3.96. The lowest BCUT2D eigenvalue weighted by atomic mass is 10.1. The highest BCUT2D eigenvalue weighted by atomic mass is 32.2. The van der Waals surface area contributed by atoms with E-state index in [1.807, 2.05) is 13.0 Å². The summed E-state index contributed by atoms with van der Waals surface area (Å²) >= 11 is 0. The van der Waals surface area contributed by atoms with Gasteiger partial charge in [-0.2, -0.15) is 4.31 Å². The van der Waals surface area contributed by atoms with Crippen molar-refractivity contribution in [1.82, 2.24) is 4.31 Å². The summed E-state index contributed by atoms with van der Waals surface area (Å²) in [4.78, 5) is 0.285. The fraction of sp³-hybridized carbons (Fsp3) is 0.500. The van der Waals surface area contributed by atoms with Gasteiger partial charge in [0.05, 0.1) is 7.11 Å². The molecule has 1 aromatic rings. The number of sulfonamides is 1. The molecule has 0 N–H and O–H groups in total. The van der Waals surface area contributed by atoms with Crippen LogP contribution in [0.3, 0.4) is 0 Å². The van der Waals surface area contributed by atoms with Crippen molar-refractivity contribution in [2.45, 2.75) is 37.5 Å². The topological polar surface area (TPSA) is 46.6 Å². The maximum Gasteiger partial charge on any atom is 0.246 e. The lowest BCUT2D eigenvalue weighted by molar-refractivity contribution is 0.375. The van der Waals surface area contributed by atoms with Crippen LogP contribution in [-0.4, -0.2) is 32.9 Å². The zero-order valence-corrected chi connectivity index (χ0v) is 13.4. The molecule has 3 rings (SSSR count). The molecule has 0 aromatic heterocycles. The number of piperidine rings is 1. The summed E-state index contributed by atoms with van der Waals surface area (Å²) in [6.07, 6.45) is 4.19. The third-order valence-corrected chi connectivity index (χ3v) is 6.18. The van der Waals surface area contributed by atoms with E-state index in [0.29, 0.717) is 18.8 Å². The van der Waals surface area contributed by atoms with E-state index in [2.05, 4.69) is 0 Å². The van der Waals surface area contributed by atoms with Crippen molar-refractivity contribution in [2.75, 3.05) is 20.2 Å². The highest BCUT2D eigenvalue weighted by molar-refractivity contribution is 7.89. The van der Waals surface area contributed by atoms with E-state index in [1.54, 1.807) is 22.0 Å². The van der Waals surface area contributed by atoms with Crippen LogP contribution in [-0.2, 0) is 10.0 Å². The SMILES string of the molecule is COc1ccc(C)cc1S(=O)(=O)N1CCC(=C2CC2)CC1. The Bertz CT molecular complexity index is 675. The number of aryl methyl sites for hydroxylation is 1. The van der Waals surface area contributed by atoms with Crippen molar-refractivity contribution in [3.63, 3.8) is 0 Å². The van der Waals surface area contributed by atoms with E-state index in [9.17, 15) is 8.42 Å². The third kappa shape index (κ3) is 2.85. The van der Waals surface area contributed by atoms with E-state index >= 15 is 0 Å². The second-order valence-corrected chi connectivity index (χ2v) is 7.67. The van der Waals surface area contributed by atoms with Gasteiger partial charge in [0.15, 0.2) is 0 Å². The van der Waals surface area contributed by atoms with Gasteiger partial charge in [0.2, 0.25) is 10.0 Å². The standard InChI is InChI=1S/C16H21NO3S/c1-12-3-6-15(20-2)16(11-12)21(18,19)17-9-7-14(8-10-17)13-4-5-13/h3,6,11H,4-5,7-10H2,1-2H3. The summed E-state index contributed by atoms with van der Waals surface area (Å²) in [5.74, 6) is 0.423. The first-order chi connectivity index (χ1) is 10.0. The molecule has 2 fully saturated rings. The lowest BCUT2D eigenvalue weighted by Gasteiger charge is -2.28. The minimum absolute atomic E-state index is 0.285. The molecule has 0 radical (unpaired) electrons. The van der Waals surface area contributed by atoms with E-state index in [0.717, 1.165) is 18.4 Å². The first-order valence-corrected chi connectivity index (χ1v) is 8.81. The predicted molar refractivity (Wildman–Crippen MR) is 82.0 cm³/mol. The first kappa shape index (κ1) is 14.6. The van der Waals surface area contributed by atoms with Gasteiger partial charge in [-0.3, -0.25) is 0 Å². The van der Waals surface area contributed by atoms with Crippen molar-refractivity contribution in [3.8, 4) is 5.75 Å². The van der Waals surface area contributed by atoms with Crippen molar-refractivity contribution in [1.29, 1.82) is 0 Å². The second-order valence-electron chi connectivity index (χ2n) is 5.77. The molecule has 1 saturated heterocycles. The summed E-state index contributed by atoms with van der Waals surface area (Å²) in [6.45, 7) is 3.06. The quantitative estimate of drug-likeness (QED) is 0.807. The maximum absolute atomic E-state index is 12.8. The van der Waals surface area contributed by atoms with Crippen LogP contribution in [0.4, 0.5) is 0 Å². The molecular weight excluding hydrogens is 286 g/mol. The zero-order chi connectivity index (χ0) is 15.0. The molecule has 5 heteroatoms. The molecule has 0 spiro atoms. The molecule has 1 aliphatic carbocycles. The minimum Gasteiger partial charge on any atom is -0.495 e.